The van der Waals surface area contributed by atoms with Gasteiger partial charge in [0.2, 0.25) is 0 Å². The normalized spacial score (nSPS) is 12.1. The first-order valence-corrected chi connectivity index (χ1v) is 20.9. The summed E-state index contributed by atoms with van der Waals surface area (Å²) in [7, 11) is 0. The maximum Gasteiger partial charge on any atom is 0.0242 e. The average Bonchev–Trinajstić information content (AvgIpc) is 3.58. The molecule has 0 aliphatic heterocycles. The molecule has 3 nitrogen and oxygen atoms in total. The number of allylic oxidation sites excluding steroid dienone is 6. The van der Waals surface area contributed by atoms with Crippen LogP contribution in [0.25, 0.3) is 83.9 Å². The Kier molecular flexibility index (Phi) is 13.4. The number of hydrogen-bond acceptors (Lipinski definition) is 3. The molecule has 311 valence electrons. The summed E-state index contributed by atoms with van der Waals surface area (Å²) in [6.07, 6.45) is 13.8. The molecule has 0 saturated heterocycles. The van der Waals surface area contributed by atoms with Crippen LogP contribution in [0.4, 0.5) is 0 Å². The van der Waals surface area contributed by atoms with Crippen LogP contribution in [0.1, 0.15) is 28.7 Å². The van der Waals surface area contributed by atoms with Crippen LogP contribution in [-0.4, -0.2) is 15.0 Å². The Bertz CT molecular complexity index is 3120. The number of rotatable bonds is 9. The molecule has 4 heteroatoms. The second-order valence-electron chi connectivity index (χ2n) is 15.3. The zero-order valence-corrected chi connectivity index (χ0v) is 38.0. The first kappa shape index (κ1) is 43.3. The van der Waals surface area contributed by atoms with Crippen LogP contribution in [0.3, 0.4) is 0 Å². The second-order valence-corrected chi connectivity index (χ2v) is 15.3. The molecule has 1 radical (unpaired) electrons. The van der Waals surface area contributed by atoms with Gasteiger partial charge in [0.25, 0.3) is 0 Å². The Hall–Kier alpha value is -7.36. The second kappa shape index (κ2) is 19.8. The van der Waals surface area contributed by atoms with E-state index in [1.807, 2.05) is 85.3 Å². The van der Waals surface area contributed by atoms with Crippen molar-refractivity contribution in [1.29, 1.82) is 0 Å². The van der Waals surface area contributed by atoms with Crippen molar-refractivity contribution in [3.05, 3.63) is 261 Å². The average molecular weight is 998 g/mol. The number of pyridine rings is 3. The summed E-state index contributed by atoms with van der Waals surface area (Å²) in [5.74, 6) is 0. The topological polar surface area (TPSA) is 38.7 Å². The predicted molar refractivity (Wildman–Crippen MR) is 262 cm³/mol. The van der Waals surface area contributed by atoms with Crippen LogP contribution in [-0.2, 0) is 20.1 Å². The van der Waals surface area contributed by atoms with Gasteiger partial charge in [-0.15, -0.1) is 108 Å². The zero-order chi connectivity index (χ0) is 41.7. The smallest absolute Gasteiger partial charge is 0.0242 e. The molecular formula is C60H43IrN3-4. The molecule has 0 saturated carbocycles. The fraction of sp³-hybridized carbons (Fsp3) is 0.0333. The number of nitrogens with zero attached hydrogens (tertiary/aromatic N) is 3. The summed E-state index contributed by atoms with van der Waals surface area (Å²) in [5.41, 5.74) is 20.3. The van der Waals surface area contributed by atoms with E-state index in [1.54, 1.807) is 0 Å². The van der Waals surface area contributed by atoms with Crippen LogP contribution in [0.2, 0.25) is 0 Å². The van der Waals surface area contributed by atoms with Gasteiger partial charge < -0.3 is 22.4 Å². The van der Waals surface area contributed by atoms with Gasteiger partial charge in [0.05, 0.1) is 0 Å². The molecule has 10 rings (SSSR count). The molecule has 0 spiro atoms. The van der Waals surface area contributed by atoms with E-state index in [-0.39, 0.29) is 27.5 Å². The monoisotopic (exact) mass is 998 g/mol. The van der Waals surface area contributed by atoms with E-state index in [9.17, 15) is 0 Å². The number of benzene rings is 6. The third-order valence-corrected chi connectivity index (χ3v) is 11.4. The van der Waals surface area contributed by atoms with Crippen molar-refractivity contribution in [3.8, 4) is 67.2 Å². The molecule has 3 aromatic heterocycles. The minimum atomic E-state index is 0. The predicted octanol–water partition coefficient (Wildman–Crippen LogP) is 15.0. The van der Waals surface area contributed by atoms with Crippen molar-refractivity contribution in [2.24, 2.45) is 0 Å². The van der Waals surface area contributed by atoms with Crippen molar-refractivity contribution < 1.29 is 20.1 Å². The van der Waals surface area contributed by atoms with Gasteiger partial charge in [-0.1, -0.05) is 115 Å². The van der Waals surface area contributed by atoms with Crippen molar-refractivity contribution in [2.45, 2.75) is 13.3 Å². The van der Waals surface area contributed by atoms with E-state index in [0.29, 0.717) is 0 Å². The van der Waals surface area contributed by atoms with E-state index >= 15 is 0 Å². The largest absolute Gasteiger partial charge is 0.358 e. The Balaban J connectivity index is 0.00000280. The number of aromatic nitrogens is 3. The van der Waals surface area contributed by atoms with Crippen molar-refractivity contribution in [3.63, 3.8) is 0 Å². The summed E-state index contributed by atoms with van der Waals surface area (Å²) in [5, 5.41) is 0. The first-order valence-electron chi connectivity index (χ1n) is 20.9. The van der Waals surface area contributed by atoms with E-state index in [1.165, 1.54) is 11.1 Å². The van der Waals surface area contributed by atoms with Gasteiger partial charge in [-0.3, -0.25) is 0 Å². The van der Waals surface area contributed by atoms with Gasteiger partial charge in [0.1, 0.15) is 0 Å². The molecule has 64 heavy (non-hydrogen) atoms. The molecule has 0 fully saturated rings. The molecule has 3 heterocycles. The minimum absolute atomic E-state index is 0. The van der Waals surface area contributed by atoms with Crippen LogP contribution in [0.5, 0.6) is 0 Å². The first-order chi connectivity index (χ1) is 30.7. The minimum Gasteiger partial charge on any atom is -0.358 e. The summed E-state index contributed by atoms with van der Waals surface area (Å²) >= 11 is 0. The number of hydrogen-bond donors (Lipinski definition) is 0. The SMILES string of the molecule is Cc1cc(-c2[c-]cccc2)ncc1-c1ccccc1C1=CC(c2ccccc2-c2ccc(-c3[c-]cccc3)nc2)=CC(c2ccccc2-c2ccc(-c3[c-]cccc3)nc2)=CC1.[CH3-].[Ir]. The van der Waals surface area contributed by atoms with Crippen molar-refractivity contribution in [2.75, 3.05) is 0 Å². The summed E-state index contributed by atoms with van der Waals surface area (Å²) in [6.45, 7) is 2.17. The van der Waals surface area contributed by atoms with Gasteiger partial charge in [0, 0.05) is 44.3 Å². The maximum absolute atomic E-state index is 4.95. The molecule has 0 atom stereocenters. The van der Waals surface area contributed by atoms with Gasteiger partial charge >= 0.3 is 0 Å². The van der Waals surface area contributed by atoms with E-state index in [0.717, 1.165) is 101 Å². The van der Waals surface area contributed by atoms with Crippen LogP contribution in [0, 0.1) is 32.5 Å². The molecule has 9 aromatic rings. The summed E-state index contributed by atoms with van der Waals surface area (Å²) < 4.78 is 0. The van der Waals surface area contributed by atoms with Crippen LogP contribution < -0.4 is 0 Å². The third kappa shape index (κ3) is 9.07. The molecule has 1 aliphatic carbocycles. The van der Waals surface area contributed by atoms with Gasteiger partial charge in [-0.25, -0.2) is 0 Å². The zero-order valence-electron chi connectivity index (χ0n) is 35.6. The Morgan fingerprint density at radius 2 is 0.859 bits per heavy atom. The van der Waals surface area contributed by atoms with Gasteiger partial charge in [0.15, 0.2) is 0 Å². The molecule has 0 bridgehead atoms. The fourth-order valence-corrected chi connectivity index (χ4v) is 8.31. The maximum atomic E-state index is 4.95. The van der Waals surface area contributed by atoms with Gasteiger partial charge in [-0.2, -0.15) is 0 Å². The Labute approximate surface area is 390 Å². The third-order valence-electron chi connectivity index (χ3n) is 11.4. The van der Waals surface area contributed by atoms with E-state index in [2.05, 4.69) is 153 Å². The van der Waals surface area contributed by atoms with Crippen LogP contribution in [0.15, 0.2) is 213 Å². The molecular weight excluding hydrogens is 955 g/mol. The molecule has 1 aliphatic rings. The standard InChI is InChI=1S/C59H40N3.CH3.Ir/c1-41-35-59(44-21-9-4-10-22-44)62-40-56(41)55-28-16-15-24-51(55)46-30-29-45(50-23-11-12-25-52(50)47-31-33-57(60-38-47)42-17-5-2-6-18-42)36-49(37-46)54-27-14-13-26-53(54)48-32-34-58(61-39-48)43-19-7-3-8-20-43;;/h2-17,19,21,23-29,31-40H,30H2,1H3;1H3;/q-3;-1;. The fourth-order valence-electron chi connectivity index (χ4n) is 8.31. The van der Waals surface area contributed by atoms with E-state index < -0.39 is 0 Å². The van der Waals surface area contributed by atoms with E-state index in [4.69, 9.17) is 15.0 Å². The molecule has 0 N–H and O–H groups in total. The quantitative estimate of drug-likeness (QED) is 0.135. The molecule has 0 unspecified atom stereocenters. The Morgan fingerprint density at radius 1 is 0.406 bits per heavy atom. The summed E-state index contributed by atoms with van der Waals surface area (Å²) in [4.78, 5) is 14.8. The Morgan fingerprint density at radius 3 is 1.34 bits per heavy atom. The number of aryl methyl sites for hydroxylation is 1. The van der Waals surface area contributed by atoms with Crippen molar-refractivity contribution >= 4 is 16.7 Å². The molecule has 0 amide bonds. The molecule has 6 aromatic carbocycles. The van der Waals surface area contributed by atoms with Gasteiger partial charge in [-0.05, 0) is 103 Å². The summed E-state index contributed by atoms with van der Waals surface area (Å²) in [6, 6.07) is 70.6. The van der Waals surface area contributed by atoms with Crippen LogP contribution >= 0.6 is 0 Å². The van der Waals surface area contributed by atoms with Crippen molar-refractivity contribution in [1.82, 2.24) is 15.0 Å².